The smallest absolute Gasteiger partial charge is 0.235 e. The number of primary amides is 1. The Balaban J connectivity index is 4.05. The second-order valence-electron chi connectivity index (χ2n) is 4.40. The van der Waals surface area contributed by atoms with Gasteiger partial charge in [-0.15, -0.1) is 0 Å². The molecule has 0 aliphatic rings. The molecule has 8 heteroatoms. The fourth-order valence-corrected chi connectivity index (χ4v) is 2.25. The number of nitrogens with one attached hydrogen (secondary N) is 2. The lowest BCUT2D eigenvalue weighted by Crippen LogP contribution is -2.53. The monoisotopic (exact) mass is 252 g/mol. The highest BCUT2D eigenvalue weighted by atomic mass is 32.2. The van der Waals surface area contributed by atoms with Crippen molar-refractivity contribution in [2.24, 2.45) is 11.5 Å². The molecule has 16 heavy (non-hydrogen) atoms. The predicted molar refractivity (Wildman–Crippen MR) is 62.1 cm³/mol. The van der Waals surface area contributed by atoms with E-state index in [0.717, 1.165) is 6.26 Å². The summed E-state index contributed by atoms with van der Waals surface area (Å²) in [6, 6.07) is -0.769. The van der Waals surface area contributed by atoms with Gasteiger partial charge in [-0.25, -0.2) is 13.1 Å². The normalized spacial score (nSPS) is 14.8. The molecule has 1 unspecified atom stereocenters. The molecule has 1 atom stereocenters. The van der Waals surface area contributed by atoms with E-state index in [1.165, 1.54) is 0 Å². The summed E-state index contributed by atoms with van der Waals surface area (Å²) in [6.45, 7) is 4.00. The highest BCUT2D eigenvalue weighted by molar-refractivity contribution is 7.88. The Morgan fingerprint density at radius 3 is 2.31 bits per heavy atom. The van der Waals surface area contributed by atoms with Gasteiger partial charge in [-0.1, -0.05) is 0 Å². The maximum atomic E-state index is 11.0. The molecule has 96 valence electrons. The van der Waals surface area contributed by atoms with Gasteiger partial charge in [0.1, 0.15) is 0 Å². The lowest BCUT2D eigenvalue weighted by Gasteiger charge is -2.25. The molecule has 0 rings (SSSR count). The van der Waals surface area contributed by atoms with Gasteiger partial charge >= 0.3 is 0 Å². The zero-order valence-corrected chi connectivity index (χ0v) is 10.6. The SMILES string of the molecule is CC(C)(CNCC(N)C(N)=O)NS(C)(=O)=O. The van der Waals surface area contributed by atoms with Crippen LogP contribution in [0.1, 0.15) is 13.8 Å². The third-order valence-corrected chi connectivity index (χ3v) is 2.68. The van der Waals surface area contributed by atoms with Crippen LogP contribution < -0.4 is 21.5 Å². The van der Waals surface area contributed by atoms with Crippen LogP contribution in [0.3, 0.4) is 0 Å². The zero-order valence-electron chi connectivity index (χ0n) is 9.78. The van der Waals surface area contributed by atoms with Gasteiger partial charge in [0.05, 0.1) is 12.3 Å². The molecule has 0 saturated carbocycles. The van der Waals surface area contributed by atoms with Gasteiger partial charge in [0.2, 0.25) is 15.9 Å². The van der Waals surface area contributed by atoms with E-state index in [9.17, 15) is 13.2 Å². The summed E-state index contributed by atoms with van der Waals surface area (Å²) in [5.74, 6) is -0.596. The van der Waals surface area contributed by atoms with E-state index < -0.39 is 27.5 Å². The lowest BCUT2D eigenvalue weighted by atomic mass is 10.1. The second kappa shape index (κ2) is 5.58. The van der Waals surface area contributed by atoms with Crippen molar-refractivity contribution in [1.82, 2.24) is 10.0 Å². The minimum absolute atomic E-state index is 0.213. The van der Waals surface area contributed by atoms with Gasteiger partial charge in [0.25, 0.3) is 0 Å². The molecule has 0 aromatic heterocycles. The predicted octanol–water partition coefficient (Wildman–Crippen LogP) is -2.28. The second-order valence-corrected chi connectivity index (χ2v) is 6.15. The number of carbonyl (C=O) groups is 1. The van der Waals surface area contributed by atoms with Gasteiger partial charge < -0.3 is 16.8 Å². The molecule has 6 N–H and O–H groups in total. The molecule has 0 saturated heterocycles. The van der Waals surface area contributed by atoms with Crippen molar-refractivity contribution >= 4 is 15.9 Å². The molecule has 0 aliphatic carbocycles. The van der Waals surface area contributed by atoms with Gasteiger partial charge in [0.15, 0.2) is 0 Å². The Labute approximate surface area is 96.0 Å². The molecular formula is C8H20N4O3S. The number of rotatable bonds is 7. The average Bonchev–Trinajstić information content (AvgIpc) is 1.98. The van der Waals surface area contributed by atoms with E-state index >= 15 is 0 Å². The fraction of sp³-hybridized carbons (Fsp3) is 0.875. The summed E-state index contributed by atoms with van der Waals surface area (Å²) >= 11 is 0. The molecule has 0 bridgehead atoms. The zero-order chi connectivity index (χ0) is 13.0. The van der Waals surface area contributed by atoms with Crippen LogP contribution in [0.4, 0.5) is 0 Å². The molecule has 0 aromatic rings. The third kappa shape index (κ3) is 7.57. The van der Waals surface area contributed by atoms with Crippen molar-refractivity contribution in [3.05, 3.63) is 0 Å². The quantitative estimate of drug-likeness (QED) is 0.406. The van der Waals surface area contributed by atoms with E-state index in [0.29, 0.717) is 6.54 Å². The maximum Gasteiger partial charge on any atom is 0.235 e. The summed E-state index contributed by atoms with van der Waals surface area (Å²) in [5, 5.41) is 2.88. The van der Waals surface area contributed by atoms with Crippen molar-refractivity contribution in [2.45, 2.75) is 25.4 Å². The molecule has 0 fully saturated rings. The standard InChI is InChI=1S/C8H20N4O3S/c1-8(2,12-16(3,14)15)5-11-4-6(9)7(10)13/h6,11-12H,4-5,9H2,1-3H3,(H2,10,13). The number of sulfonamides is 1. The summed E-state index contributed by atoms with van der Waals surface area (Å²) in [5.41, 5.74) is 9.72. The molecule has 0 heterocycles. The van der Waals surface area contributed by atoms with Crippen LogP contribution in [0.5, 0.6) is 0 Å². The first kappa shape index (κ1) is 15.3. The van der Waals surface area contributed by atoms with Crippen molar-refractivity contribution in [1.29, 1.82) is 0 Å². The lowest BCUT2D eigenvalue weighted by molar-refractivity contribution is -0.119. The van der Waals surface area contributed by atoms with Gasteiger partial charge in [-0.3, -0.25) is 4.79 Å². The molecule has 0 spiro atoms. The largest absolute Gasteiger partial charge is 0.368 e. The Hall–Kier alpha value is -0.700. The topological polar surface area (TPSA) is 127 Å². The van der Waals surface area contributed by atoms with E-state index in [1.54, 1.807) is 13.8 Å². The fourth-order valence-electron chi connectivity index (χ4n) is 1.18. The van der Waals surface area contributed by atoms with E-state index in [2.05, 4.69) is 10.0 Å². The van der Waals surface area contributed by atoms with Crippen LogP contribution in [0.15, 0.2) is 0 Å². The molecule has 0 aliphatic heterocycles. The van der Waals surface area contributed by atoms with Crippen LogP contribution in [0, 0.1) is 0 Å². The van der Waals surface area contributed by atoms with E-state index in [-0.39, 0.29) is 6.54 Å². The van der Waals surface area contributed by atoms with E-state index in [1.807, 2.05) is 0 Å². The van der Waals surface area contributed by atoms with Crippen LogP contribution in [-0.2, 0) is 14.8 Å². The van der Waals surface area contributed by atoms with Crippen molar-refractivity contribution in [2.75, 3.05) is 19.3 Å². The third-order valence-electron chi connectivity index (χ3n) is 1.76. The van der Waals surface area contributed by atoms with E-state index in [4.69, 9.17) is 11.5 Å². The highest BCUT2D eigenvalue weighted by Crippen LogP contribution is 2.01. The molecule has 7 nitrogen and oxygen atoms in total. The Morgan fingerprint density at radius 1 is 1.44 bits per heavy atom. The molecule has 0 aromatic carbocycles. The Bertz CT molecular complexity index is 339. The number of carbonyl (C=O) groups excluding carboxylic acids is 1. The first-order chi connectivity index (χ1) is 7.03. The van der Waals surface area contributed by atoms with Crippen LogP contribution in [-0.4, -0.2) is 45.3 Å². The van der Waals surface area contributed by atoms with Gasteiger partial charge in [-0.05, 0) is 13.8 Å². The van der Waals surface area contributed by atoms with Crippen molar-refractivity contribution in [3.8, 4) is 0 Å². The summed E-state index contributed by atoms with van der Waals surface area (Å²) in [4.78, 5) is 10.6. The van der Waals surface area contributed by atoms with Crippen molar-refractivity contribution in [3.63, 3.8) is 0 Å². The van der Waals surface area contributed by atoms with Crippen LogP contribution in [0.25, 0.3) is 0 Å². The Kier molecular flexibility index (Phi) is 5.33. The number of nitrogens with two attached hydrogens (primary N) is 2. The number of hydrogen-bond acceptors (Lipinski definition) is 5. The number of amides is 1. The van der Waals surface area contributed by atoms with Crippen molar-refractivity contribution < 1.29 is 13.2 Å². The Morgan fingerprint density at radius 2 is 1.94 bits per heavy atom. The van der Waals surface area contributed by atoms with Gasteiger partial charge in [0, 0.05) is 18.6 Å². The average molecular weight is 252 g/mol. The maximum absolute atomic E-state index is 11.0. The minimum Gasteiger partial charge on any atom is -0.368 e. The first-order valence-corrected chi connectivity index (χ1v) is 6.67. The molecular weight excluding hydrogens is 232 g/mol. The molecule has 1 amide bonds. The number of hydrogen-bond donors (Lipinski definition) is 4. The summed E-state index contributed by atoms with van der Waals surface area (Å²) in [6.07, 6.45) is 1.09. The highest BCUT2D eigenvalue weighted by Gasteiger charge is 2.22. The molecule has 0 radical (unpaired) electrons. The summed E-state index contributed by atoms with van der Waals surface area (Å²) in [7, 11) is -3.26. The van der Waals surface area contributed by atoms with Crippen LogP contribution in [0.2, 0.25) is 0 Å². The minimum atomic E-state index is -3.26. The van der Waals surface area contributed by atoms with Gasteiger partial charge in [-0.2, -0.15) is 0 Å². The summed E-state index contributed by atoms with van der Waals surface area (Å²) < 4.78 is 24.5. The van der Waals surface area contributed by atoms with Crippen LogP contribution >= 0.6 is 0 Å². The first-order valence-electron chi connectivity index (χ1n) is 4.78.